The number of hydrogen-bond donors (Lipinski definition) is 1. The Bertz CT molecular complexity index is 502. The summed E-state index contributed by atoms with van der Waals surface area (Å²) in [6.07, 6.45) is 1.95. The number of rotatable bonds is 2. The third-order valence-electron chi connectivity index (χ3n) is 2.35. The highest BCUT2D eigenvalue weighted by molar-refractivity contribution is 7.98. The van der Waals surface area contributed by atoms with Gasteiger partial charge in [0, 0.05) is 23.6 Å². The Morgan fingerprint density at radius 2 is 2.12 bits per heavy atom. The third kappa shape index (κ3) is 1.90. The molecule has 0 radical (unpaired) electrons. The summed E-state index contributed by atoms with van der Waals surface area (Å²) in [7, 11) is 1.76. The van der Waals surface area contributed by atoms with Gasteiger partial charge in [-0.3, -0.25) is 4.68 Å². The Balaban J connectivity index is 2.57. The molecule has 0 amide bonds. The molecule has 0 unspecified atom stereocenters. The lowest BCUT2D eigenvalue weighted by atomic mass is 10.1. The van der Waals surface area contributed by atoms with E-state index in [0.717, 1.165) is 10.5 Å². The van der Waals surface area contributed by atoms with Crippen LogP contribution in [-0.2, 0) is 7.05 Å². The van der Waals surface area contributed by atoms with Crippen molar-refractivity contribution in [1.82, 2.24) is 9.78 Å². The van der Waals surface area contributed by atoms with Gasteiger partial charge >= 0.3 is 0 Å². The van der Waals surface area contributed by atoms with Crippen LogP contribution in [0.1, 0.15) is 0 Å². The number of hydrogen-bond acceptors (Lipinski definition) is 3. The fourth-order valence-electron chi connectivity index (χ4n) is 1.49. The number of aryl methyl sites for hydroxylation is 1. The number of nitrogens with two attached hydrogens (primary N) is 1. The summed E-state index contributed by atoms with van der Waals surface area (Å²) < 4.78 is 14.8. The SMILES string of the molecule is CSc1ccc(F)cc1-c1cc(N)n(C)n1. The van der Waals surface area contributed by atoms with Gasteiger partial charge < -0.3 is 5.73 Å². The maximum Gasteiger partial charge on any atom is 0.123 e. The molecule has 1 heterocycles. The molecule has 0 saturated heterocycles. The van der Waals surface area contributed by atoms with E-state index < -0.39 is 0 Å². The van der Waals surface area contributed by atoms with Crippen molar-refractivity contribution >= 4 is 17.6 Å². The number of nitrogen functional groups attached to an aromatic ring is 1. The van der Waals surface area contributed by atoms with Gasteiger partial charge in [0.1, 0.15) is 11.6 Å². The zero-order valence-corrected chi connectivity index (χ0v) is 9.88. The van der Waals surface area contributed by atoms with E-state index in [1.165, 1.54) is 12.1 Å². The average molecular weight is 237 g/mol. The standard InChI is InChI=1S/C11H12FN3S/c1-15-11(13)6-9(14-15)8-5-7(12)3-4-10(8)16-2/h3-6H,13H2,1-2H3. The molecule has 1 aromatic heterocycles. The van der Waals surface area contributed by atoms with E-state index in [1.807, 2.05) is 6.26 Å². The monoisotopic (exact) mass is 237 g/mol. The highest BCUT2D eigenvalue weighted by Crippen LogP contribution is 2.30. The zero-order valence-electron chi connectivity index (χ0n) is 9.07. The molecule has 1 aromatic carbocycles. The third-order valence-corrected chi connectivity index (χ3v) is 3.15. The Hall–Kier alpha value is -1.49. The number of anilines is 1. The van der Waals surface area contributed by atoms with Crippen LogP contribution in [0.15, 0.2) is 29.2 Å². The van der Waals surface area contributed by atoms with Crippen molar-refractivity contribution in [2.75, 3.05) is 12.0 Å². The Labute approximate surface area is 97.5 Å². The zero-order chi connectivity index (χ0) is 11.7. The number of benzene rings is 1. The molecule has 0 aliphatic rings. The number of halogens is 1. The van der Waals surface area contributed by atoms with E-state index in [0.29, 0.717) is 11.5 Å². The second-order valence-electron chi connectivity index (χ2n) is 3.42. The van der Waals surface area contributed by atoms with Crippen molar-refractivity contribution in [2.45, 2.75) is 4.90 Å². The van der Waals surface area contributed by atoms with Crippen LogP contribution < -0.4 is 5.73 Å². The van der Waals surface area contributed by atoms with Crippen molar-refractivity contribution < 1.29 is 4.39 Å². The maximum atomic E-state index is 13.2. The molecule has 5 heteroatoms. The molecule has 0 atom stereocenters. The van der Waals surface area contributed by atoms with Gasteiger partial charge in [-0.2, -0.15) is 5.10 Å². The van der Waals surface area contributed by atoms with Crippen molar-refractivity contribution in [1.29, 1.82) is 0 Å². The van der Waals surface area contributed by atoms with Crippen molar-refractivity contribution in [3.63, 3.8) is 0 Å². The first-order valence-electron chi connectivity index (χ1n) is 4.75. The summed E-state index contributed by atoms with van der Waals surface area (Å²) in [6, 6.07) is 6.42. The van der Waals surface area contributed by atoms with Crippen LogP contribution in [0.5, 0.6) is 0 Å². The smallest absolute Gasteiger partial charge is 0.123 e. The van der Waals surface area contributed by atoms with E-state index in [-0.39, 0.29) is 5.82 Å². The summed E-state index contributed by atoms with van der Waals surface area (Å²) in [6.45, 7) is 0. The van der Waals surface area contributed by atoms with Gasteiger partial charge in [-0.25, -0.2) is 4.39 Å². The highest BCUT2D eigenvalue weighted by atomic mass is 32.2. The lowest BCUT2D eigenvalue weighted by Gasteiger charge is -2.04. The molecule has 0 aliphatic carbocycles. The summed E-state index contributed by atoms with van der Waals surface area (Å²) >= 11 is 1.56. The molecular weight excluding hydrogens is 225 g/mol. The Morgan fingerprint density at radius 1 is 1.38 bits per heavy atom. The van der Waals surface area contributed by atoms with Crippen LogP contribution in [0.25, 0.3) is 11.3 Å². The number of nitrogens with zero attached hydrogens (tertiary/aromatic N) is 2. The molecule has 16 heavy (non-hydrogen) atoms. The molecule has 2 aromatic rings. The maximum absolute atomic E-state index is 13.2. The van der Waals surface area contributed by atoms with E-state index in [2.05, 4.69) is 5.10 Å². The Morgan fingerprint density at radius 3 is 2.69 bits per heavy atom. The molecule has 0 bridgehead atoms. The van der Waals surface area contributed by atoms with Gasteiger partial charge in [0.2, 0.25) is 0 Å². The van der Waals surface area contributed by atoms with Gasteiger partial charge in [0.05, 0.1) is 5.69 Å². The second kappa shape index (κ2) is 4.17. The topological polar surface area (TPSA) is 43.8 Å². The van der Waals surface area contributed by atoms with E-state index >= 15 is 0 Å². The Kier molecular flexibility index (Phi) is 2.87. The molecular formula is C11H12FN3S. The van der Waals surface area contributed by atoms with E-state index in [9.17, 15) is 4.39 Å². The summed E-state index contributed by atoms with van der Waals surface area (Å²) in [4.78, 5) is 0.986. The van der Waals surface area contributed by atoms with Crippen LogP contribution in [-0.4, -0.2) is 16.0 Å². The summed E-state index contributed by atoms with van der Waals surface area (Å²) in [5.41, 5.74) is 7.18. The highest BCUT2D eigenvalue weighted by Gasteiger charge is 2.10. The van der Waals surface area contributed by atoms with E-state index in [4.69, 9.17) is 5.73 Å². The first-order valence-corrected chi connectivity index (χ1v) is 5.97. The molecule has 3 nitrogen and oxygen atoms in total. The quantitative estimate of drug-likeness (QED) is 0.816. The fourth-order valence-corrected chi connectivity index (χ4v) is 2.08. The molecule has 0 saturated carbocycles. The number of aromatic nitrogens is 2. The molecule has 0 fully saturated rings. The lowest BCUT2D eigenvalue weighted by molar-refractivity contribution is 0.627. The van der Waals surface area contributed by atoms with Crippen molar-refractivity contribution in [3.8, 4) is 11.3 Å². The number of thioether (sulfide) groups is 1. The second-order valence-corrected chi connectivity index (χ2v) is 4.27. The predicted octanol–water partition coefficient (Wildman–Crippen LogP) is 2.53. The summed E-state index contributed by atoms with van der Waals surface area (Å²) in [5, 5.41) is 4.24. The predicted molar refractivity (Wildman–Crippen MR) is 64.8 cm³/mol. The lowest BCUT2D eigenvalue weighted by Crippen LogP contribution is -1.96. The molecule has 0 aliphatic heterocycles. The minimum atomic E-state index is -0.267. The van der Waals surface area contributed by atoms with Crippen LogP contribution in [0, 0.1) is 5.82 Å². The minimum Gasteiger partial charge on any atom is -0.384 e. The normalized spacial score (nSPS) is 10.7. The largest absolute Gasteiger partial charge is 0.384 e. The van der Waals surface area contributed by atoms with E-state index in [1.54, 1.807) is 35.6 Å². The molecule has 2 N–H and O–H groups in total. The van der Waals surface area contributed by atoms with Crippen LogP contribution in [0.4, 0.5) is 10.2 Å². The van der Waals surface area contributed by atoms with Gasteiger partial charge in [0.25, 0.3) is 0 Å². The van der Waals surface area contributed by atoms with Crippen LogP contribution in [0.2, 0.25) is 0 Å². The van der Waals surface area contributed by atoms with Gasteiger partial charge in [0.15, 0.2) is 0 Å². The van der Waals surface area contributed by atoms with Crippen LogP contribution >= 0.6 is 11.8 Å². The van der Waals surface area contributed by atoms with Crippen molar-refractivity contribution in [3.05, 3.63) is 30.1 Å². The van der Waals surface area contributed by atoms with Gasteiger partial charge in [-0.05, 0) is 24.5 Å². The fraction of sp³-hybridized carbons (Fsp3) is 0.182. The van der Waals surface area contributed by atoms with Gasteiger partial charge in [-0.15, -0.1) is 11.8 Å². The van der Waals surface area contributed by atoms with Gasteiger partial charge in [-0.1, -0.05) is 0 Å². The molecule has 0 spiro atoms. The summed E-state index contributed by atoms with van der Waals surface area (Å²) in [5.74, 6) is 0.295. The first-order chi connectivity index (χ1) is 7.61. The molecule has 84 valence electrons. The average Bonchev–Trinajstić information content (AvgIpc) is 2.59. The molecule has 2 rings (SSSR count). The van der Waals surface area contributed by atoms with Crippen molar-refractivity contribution in [2.24, 2.45) is 7.05 Å². The van der Waals surface area contributed by atoms with Crippen LogP contribution in [0.3, 0.4) is 0 Å². The first kappa shape index (κ1) is 11.0. The minimum absolute atomic E-state index is 0.267.